The van der Waals surface area contributed by atoms with Gasteiger partial charge in [0.2, 0.25) is 5.91 Å². The maximum absolute atomic E-state index is 13.1. The van der Waals surface area contributed by atoms with Gasteiger partial charge in [-0.05, 0) is 36.4 Å². The van der Waals surface area contributed by atoms with Gasteiger partial charge in [0.1, 0.15) is 5.76 Å². The lowest BCUT2D eigenvalue weighted by Gasteiger charge is -2.20. The molecule has 0 atom stereocenters. The molecular weight excluding hydrogens is 464 g/mol. The zero-order valence-corrected chi connectivity index (χ0v) is 20.0. The largest absolute Gasteiger partial charge is 0.467 e. The van der Waals surface area contributed by atoms with Crippen molar-refractivity contribution in [1.82, 2.24) is 14.9 Å². The summed E-state index contributed by atoms with van der Waals surface area (Å²) in [5.74, 6) is 0.0973. The number of anilines is 1. The van der Waals surface area contributed by atoms with E-state index in [1.54, 1.807) is 74.0 Å². The van der Waals surface area contributed by atoms with Gasteiger partial charge in [-0.1, -0.05) is 42.1 Å². The molecule has 35 heavy (non-hydrogen) atoms. The molecule has 178 valence electrons. The summed E-state index contributed by atoms with van der Waals surface area (Å²) >= 11 is 1.17. The van der Waals surface area contributed by atoms with Crippen molar-refractivity contribution in [3.63, 3.8) is 0 Å². The third-order valence-corrected chi connectivity index (χ3v) is 6.31. The molecule has 0 aliphatic carbocycles. The fraction of sp³-hybridized carbons (Fsp3) is 0.154. The van der Waals surface area contributed by atoms with Gasteiger partial charge in [0.05, 0.1) is 40.7 Å². The molecule has 0 radical (unpaired) electrons. The Balaban J connectivity index is 1.51. The number of benzene rings is 2. The first-order chi connectivity index (χ1) is 17.0. The van der Waals surface area contributed by atoms with Crippen molar-refractivity contribution in [2.75, 3.05) is 17.7 Å². The minimum Gasteiger partial charge on any atom is -0.467 e. The van der Waals surface area contributed by atoms with Crippen molar-refractivity contribution in [1.29, 1.82) is 0 Å². The van der Waals surface area contributed by atoms with Crippen molar-refractivity contribution >= 4 is 40.2 Å². The highest BCUT2D eigenvalue weighted by atomic mass is 32.2. The summed E-state index contributed by atoms with van der Waals surface area (Å²) < 4.78 is 6.76. The number of hydrogen-bond acceptors (Lipinski definition) is 6. The van der Waals surface area contributed by atoms with E-state index in [0.29, 0.717) is 33.1 Å². The number of thioether (sulfide) groups is 1. The number of para-hydroxylation sites is 2. The molecule has 2 aromatic carbocycles. The van der Waals surface area contributed by atoms with Gasteiger partial charge in [-0.25, -0.2) is 4.98 Å². The average molecular weight is 489 g/mol. The van der Waals surface area contributed by atoms with Crippen LogP contribution in [-0.4, -0.2) is 34.2 Å². The van der Waals surface area contributed by atoms with E-state index in [-0.39, 0.29) is 36.2 Å². The monoisotopic (exact) mass is 488 g/mol. The standard InChI is InChI=1S/C26H24N4O4S/c1-3-14-30-25(33)19-10-4-6-12-21(19)28-26(30)35-17-23(31)29(2)22-13-7-5-11-20(22)24(32)27-16-18-9-8-15-34-18/h3-13,15H,1,14,16-17H2,2H3,(H,27,32). The Labute approximate surface area is 206 Å². The summed E-state index contributed by atoms with van der Waals surface area (Å²) in [5.41, 5.74) is 1.23. The van der Waals surface area contributed by atoms with Gasteiger partial charge < -0.3 is 14.6 Å². The van der Waals surface area contributed by atoms with Crippen molar-refractivity contribution in [3.05, 3.63) is 101 Å². The van der Waals surface area contributed by atoms with E-state index in [1.807, 2.05) is 6.07 Å². The van der Waals surface area contributed by atoms with Crippen LogP contribution >= 0.6 is 11.8 Å². The number of carbonyl (C=O) groups is 2. The molecule has 9 heteroatoms. The Morgan fingerprint density at radius 2 is 1.91 bits per heavy atom. The summed E-state index contributed by atoms with van der Waals surface area (Å²) in [6.45, 7) is 4.24. The second-order valence-electron chi connectivity index (χ2n) is 7.64. The first kappa shape index (κ1) is 24.0. The van der Waals surface area contributed by atoms with E-state index in [9.17, 15) is 14.4 Å². The van der Waals surface area contributed by atoms with Gasteiger partial charge in [-0.3, -0.25) is 19.0 Å². The summed E-state index contributed by atoms with van der Waals surface area (Å²) in [7, 11) is 1.62. The average Bonchev–Trinajstić information content (AvgIpc) is 3.41. The number of carbonyl (C=O) groups excluding carboxylic acids is 2. The second-order valence-corrected chi connectivity index (χ2v) is 8.58. The number of aromatic nitrogens is 2. The molecule has 0 unspecified atom stereocenters. The summed E-state index contributed by atoms with van der Waals surface area (Å²) in [6.07, 6.45) is 3.16. The molecule has 0 fully saturated rings. The van der Waals surface area contributed by atoms with Gasteiger partial charge in [-0.2, -0.15) is 0 Å². The van der Waals surface area contributed by atoms with Crippen LogP contribution < -0.4 is 15.8 Å². The molecule has 4 aromatic rings. The minimum absolute atomic E-state index is 0.0285. The number of fused-ring (bicyclic) bond motifs is 1. The molecule has 0 spiro atoms. The molecule has 2 amide bonds. The highest BCUT2D eigenvalue weighted by molar-refractivity contribution is 7.99. The van der Waals surface area contributed by atoms with Crippen LogP contribution in [0.3, 0.4) is 0 Å². The van der Waals surface area contributed by atoms with Gasteiger partial charge in [0, 0.05) is 13.6 Å². The van der Waals surface area contributed by atoms with Gasteiger partial charge >= 0.3 is 0 Å². The molecule has 0 aliphatic rings. The molecule has 2 aromatic heterocycles. The molecule has 2 heterocycles. The smallest absolute Gasteiger partial charge is 0.262 e. The van der Waals surface area contributed by atoms with E-state index < -0.39 is 0 Å². The van der Waals surface area contributed by atoms with Crippen LogP contribution in [0.4, 0.5) is 5.69 Å². The predicted octanol–water partition coefficient (Wildman–Crippen LogP) is 3.86. The number of amides is 2. The SMILES string of the molecule is C=CCn1c(SCC(=O)N(C)c2ccccc2C(=O)NCc2ccco2)nc2ccccc2c1=O. The highest BCUT2D eigenvalue weighted by Gasteiger charge is 2.20. The lowest BCUT2D eigenvalue weighted by atomic mass is 10.1. The van der Waals surface area contributed by atoms with Crippen molar-refractivity contribution < 1.29 is 14.0 Å². The van der Waals surface area contributed by atoms with Crippen LogP contribution in [-0.2, 0) is 17.9 Å². The number of allylic oxidation sites excluding steroid dienone is 1. The Bertz CT molecular complexity index is 1430. The Hall–Kier alpha value is -4.11. The van der Waals surface area contributed by atoms with Gasteiger partial charge in [-0.15, -0.1) is 6.58 Å². The predicted molar refractivity (Wildman–Crippen MR) is 137 cm³/mol. The van der Waals surface area contributed by atoms with Crippen LogP contribution in [0.5, 0.6) is 0 Å². The molecule has 0 saturated heterocycles. The first-order valence-electron chi connectivity index (χ1n) is 10.9. The van der Waals surface area contributed by atoms with Gasteiger partial charge in [0.15, 0.2) is 5.16 Å². The van der Waals surface area contributed by atoms with Crippen molar-refractivity contribution in [3.8, 4) is 0 Å². The van der Waals surface area contributed by atoms with E-state index in [1.165, 1.54) is 21.2 Å². The summed E-state index contributed by atoms with van der Waals surface area (Å²) in [5, 5.41) is 3.75. The second kappa shape index (κ2) is 10.9. The lowest BCUT2D eigenvalue weighted by Crippen LogP contribution is -2.32. The Morgan fingerprint density at radius 3 is 2.69 bits per heavy atom. The fourth-order valence-corrected chi connectivity index (χ4v) is 4.46. The van der Waals surface area contributed by atoms with Crippen LogP contribution in [0.1, 0.15) is 16.1 Å². The number of rotatable bonds is 9. The highest BCUT2D eigenvalue weighted by Crippen LogP contribution is 2.23. The lowest BCUT2D eigenvalue weighted by molar-refractivity contribution is -0.115. The number of nitrogens with one attached hydrogen (secondary N) is 1. The van der Waals surface area contributed by atoms with E-state index in [4.69, 9.17) is 4.42 Å². The molecule has 0 aliphatic heterocycles. The fourth-order valence-electron chi connectivity index (χ4n) is 3.54. The van der Waals surface area contributed by atoms with Gasteiger partial charge in [0.25, 0.3) is 11.5 Å². The van der Waals surface area contributed by atoms with Crippen molar-refractivity contribution in [2.45, 2.75) is 18.2 Å². The maximum atomic E-state index is 13.1. The summed E-state index contributed by atoms with van der Waals surface area (Å²) in [4.78, 5) is 44.8. The topological polar surface area (TPSA) is 97.4 Å². The van der Waals surface area contributed by atoms with Crippen LogP contribution in [0, 0.1) is 0 Å². The third kappa shape index (κ3) is 5.36. The third-order valence-electron chi connectivity index (χ3n) is 5.35. The molecule has 0 saturated carbocycles. The molecular formula is C26H24N4O4S. The zero-order valence-electron chi connectivity index (χ0n) is 19.1. The Morgan fingerprint density at radius 1 is 1.14 bits per heavy atom. The number of furan rings is 1. The first-order valence-corrected chi connectivity index (χ1v) is 11.9. The normalized spacial score (nSPS) is 10.8. The van der Waals surface area contributed by atoms with E-state index in [0.717, 1.165) is 0 Å². The number of nitrogens with zero attached hydrogens (tertiary/aromatic N) is 3. The van der Waals surface area contributed by atoms with Crippen LogP contribution in [0.2, 0.25) is 0 Å². The van der Waals surface area contributed by atoms with Crippen molar-refractivity contribution in [2.24, 2.45) is 0 Å². The van der Waals surface area contributed by atoms with E-state index >= 15 is 0 Å². The molecule has 4 rings (SSSR count). The maximum Gasteiger partial charge on any atom is 0.262 e. The Kier molecular flexibility index (Phi) is 7.47. The molecule has 8 nitrogen and oxygen atoms in total. The molecule has 0 bridgehead atoms. The zero-order chi connectivity index (χ0) is 24.8. The number of hydrogen-bond donors (Lipinski definition) is 1. The molecule has 1 N–H and O–H groups in total. The quantitative estimate of drug-likeness (QED) is 0.218. The summed E-state index contributed by atoms with van der Waals surface area (Å²) in [6, 6.07) is 17.5. The van der Waals surface area contributed by atoms with Crippen LogP contribution in [0.15, 0.2) is 93.9 Å². The van der Waals surface area contributed by atoms with E-state index in [2.05, 4.69) is 16.9 Å². The minimum atomic E-state index is -0.319. The van der Waals surface area contributed by atoms with Crippen LogP contribution in [0.25, 0.3) is 10.9 Å².